The van der Waals surface area contributed by atoms with Gasteiger partial charge in [0.25, 0.3) is 5.91 Å². The van der Waals surface area contributed by atoms with Crippen LogP contribution in [0.1, 0.15) is 34.8 Å². The van der Waals surface area contributed by atoms with Gasteiger partial charge in [0.05, 0.1) is 12.2 Å². The number of aromatic nitrogens is 2. The molecule has 1 heterocycles. The van der Waals surface area contributed by atoms with Gasteiger partial charge in [0.2, 0.25) is 5.13 Å². The van der Waals surface area contributed by atoms with Crippen LogP contribution in [0.2, 0.25) is 0 Å². The molecule has 0 saturated heterocycles. The number of nitrogens with zero attached hydrogens (tertiary/aromatic N) is 2. The molecule has 0 aliphatic heterocycles. The minimum Gasteiger partial charge on any atom is -0.493 e. The Morgan fingerprint density at radius 1 is 1.19 bits per heavy atom. The Kier molecular flexibility index (Phi) is 6.84. The Hall–Kier alpha value is -2.38. The van der Waals surface area contributed by atoms with Gasteiger partial charge in [-0.2, -0.15) is 0 Å². The minimum absolute atomic E-state index is 0.243. The standard InChI is InChI=1S/C20H21N3O2S2/c1-3-11-25-17-10-5-4-9-16(17)18(24)21-19-22-23-20(27-19)26-13-15-8-6-7-14(2)12-15/h4-10,12H,3,11,13H2,1-2H3,(H,21,22,24). The van der Waals surface area contributed by atoms with Crippen molar-refractivity contribution in [3.8, 4) is 5.75 Å². The summed E-state index contributed by atoms with van der Waals surface area (Å²) in [7, 11) is 0. The number of amides is 1. The normalized spacial score (nSPS) is 10.6. The first-order chi connectivity index (χ1) is 13.2. The maximum Gasteiger partial charge on any atom is 0.261 e. The van der Waals surface area contributed by atoms with Gasteiger partial charge in [0.1, 0.15) is 5.75 Å². The number of aryl methyl sites for hydroxylation is 1. The number of thioether (sulfide) groups is 1. The molecule has 0 unspecified atom stereocenters. The van der Waals surface area contributed by atoms with Crippen molar-refractivity contribution < 1.29 is 9.53 Å². The molecule has 0 bridgehead atoms. The highest BCUT2D eigenvalue weighted by Gasteiger charge is 2.15. The number of rotatable bonds is 8. The molecule has 3 aromatic rings. The Morgan fingerprint density at radius 2 is 2.04 bits per heavy atom. The molecule has 3 rings (SSSR count). The number of carbonyl (C=O) groups is 1. The lowest BCUT2D eigenvalue weighted by Gasteiger charge is -2.09. The second-order valence-electron chi connectivity index (χ2n) is 5.95. The van der Waals surface area contributed by atoms with Crippen molar-refractivity contribution in [2.45, 2.75) is 30.4 Å². The first-order valence-electron chi connectivity index (χ1n) is 8.70. The third-order valence-corrected chi connectivity index (χ3v) is 5.71. The maximum absolute atomic E-state index is 12.6. The summed E-state index contributed by atoms with van der Waals surface area (Å²) in [4.78, 5) is 12.6. The molecular formula is C20H21N3O2S2. The van der Waals surface area contributed by atoms with Crippen LogP contribution in [0.5, 0.6) is 5.75 Å². The third kappa shape index (κ3) is 5.55. The minimum atomic E-state index is -0.243. The number of benzene rings is 2. The van der Waals surface area contributed by atoms with Crippen molar-refractivity contribution in [3.63, 3.8) is 0 Å². The van der Waals surface area contributed by atoms with Crippen LogP contribution in [0.25, 0.3) is 0 Å². The van der Waals surface area contributed by atoms with Gasteiger partial charge in [-0.3, -0.25) is 10.1 Å². The van der Waals surface area contributed by atoms with Gasteiger partial charge in [0.15, 0.2) is 4.34 Å². The number of hydrogen-bond acceptors (Lipinski definition) is 6. The van der Waals surface area contributed by atoms with E-state index < -0.39 is 0 Å². The number of carbonyl (C=O) groups excluding carboxylic acids is 1. The summed E-state index contributed by atoms with van der Waals surface area (Å²) in [6, 6.07) is 15.6. The Balaban J connectivity index is 1.61. The Bertz CT molecular complexity index is 912. The summed E-state index contributed by atoms with van der Waals surface area (Å²) in [6.07, 6.45) is 0.883. The van der Waals surface area contributed by atoms with Crippen molar-refractivity contribution in [2.75, 3.05) is 11.9 Å². The molecule has 2 aromatic carbocycles. The maximum atomic E-state index is 12.6. The van der Waals surface area contributed by atoms with Crippen molar-refractivity contribution >= 4 is 34.1 Å². The summed E-state index contributed by atoms with van der Waals surface area (Å²) in [5.41, 5.74) is 2.97. The van der Waals surface area contributed by atoms with Gasteiger partial charge < -0.3 is 4.74 Å². The lowest BCUT2D eigenvalue weighted by molar-refractivity contribution is 0.102. The molecule has 0 aliphatic rings. The highest BCUT2D eigenvalue weighted by Crippen LogP contribution is 2.29. The molecule has 7 heteroatoms. The summed E-state index contributed by atoms with van der Waals surface area (Å²) >= 11 is 2.98. The fourth-order valence-electron chi connectivity index (χ4n) is 2.42. The fraction of sp³-hybridized carbons (Fsp3) is 0.250. The fourth-order valence-corrected chi connectivity index (χ4v) is 4.11. The number of anilines is 1. The molecule has 140 valence electrons. The highest BCUT2D eigenvalue weighted by molar-refractivity contribution is 8.00. The van der Waals surface area contributed by atoms with Crippen LogP contribution in [0, 0.1) is 6.92 Å². The van der Waals surface area contributed by atoms with E-state index in [2.05, 4.69) is 46.7 Å². The van der Waals surface area contributed by atoms with Crippen LogP contribution in [0.4, 0.5) is 5.13 Å². The van der Waals surface area contributed by atoms with Crippen molar-refractivity contribution in [1.82, 2.24) is 10.2 Å². The topological polar surface area (TPSA) is 64.1 Å². The predicted molar refractivity (Wildman–Crippen MR) is 111 cm³/mol. The van der Waals surface area contributed by atoms with Gasteiger partial charge in [-0.25, -0.2) is 0 Å². The monoisotopic (exact) mass is 399 g/mol. The van der Waals surface area contributed by atoms with E-state index in [-0.39, 0.29) is 5.91 Å². The van der Waals surface area contributed by atoms with Gasteiger partial charge in [-0.15, -0.1) is 10.2 Å². The molecule has 0 fully saturated rings. The van der Waals surface area contributed by atoms with E-state index >= 15 is 0 Å². The van der Waals surface area contributed by atoms with Crippen molar-refractivity contribution in [1.29, 1.82) is 0 Å². The van der Waals surface area contributed by atoms with E-state index in [9.17, 15) is 4.79 Å². The Morgan fingerprint density at radius 3 is 2.85 bits per heavy atom. The van der Waals surface area contributed by atoms with Crippen LogP contribution in [-0.4, -0.2) is 22.7 Å². The zero-order valence-electron chi connectivity index (χ0n) is 15.3. The Labute approximate surface area is 167 Å². The molecule has 0 spiro atoms. The summed E-state index contributed by atoms with van der Waals surface area (Å²) in [5.74, 6) is 1.15. The van der Waals surface area contributed by atoms with Crippen LogP contribution < -0.4 is 10.1 Å². The second kappa shape index (κ2) is 9.53. The zero-order chi connectivity index (χ0) is 19.1. The van der Waals surface area contributed by atoms with Crippen molar-refractivity contribution in [2.24, 2.45) is 0 Å². The summed E-state index contributed by atoms with van der Waals surface area (Å²) in [5, 5.41) is 11.5. The molecule has 27 heavy (non-hydrogen) atoms. The molecular weight excluding hydrogens is 378 g/mol. The van der Waals surface area contributed by atoms with Crippen LogP contribution >= 0.6 is 23.1 Å². The predicted octanol–water partition coefficient (Wildman–Crippen LogP) is 5.18. The lowest BCUT2D eigenvalue weighted by atomic mass is 10.2. The molecule has 1 amide bonds. The molecule has 0 radical (unpaired) electrons. The summed E-state index contributed by atoms with van der Waals surface area (Å²) < 4.78 is 6.47. The molecule has 1 aromatic heterocycles. The largest absolute Gasteiger partial charge is 0.493 e. The van der Waals surface area contributed by atoms with E-state index in [1.54, 1.807) is 23.9 Å². The summed E-state index contributed by atoms with van der Waals surface area (Å²) in [6.45, 7) is 4.68. The van der Waals surface area contributed by atoms with Gasteiger partial charge in [-0.1, -0.05) is 72.0 Å². The number of ether oxygens (including phenoxy) is 1. The quantitative estimate of drug-likeness (QED) is 0.418. The van der Waals surface area contributed by atoms with E-state index in [0.29, 0.717) is 23.1 Å². The van der Waals surface area contributed by atoms with Crippen molar-refractivity contribution in [3.05, 3.63) is 65.2 Å². The van der Waals surface area contributed by atoms with E-state index in [1.165, 1.54) is 22.5 Å². The average molecular weight is 400 g/mol. The smallest absolute Gasteiger partial charge is 0.261 e. The second-order valence-corrected chi connectivity index (χ2v) is 8.15. The SMILES string of the molecule is CCCOc1ccccc1C(=O)Nc1nnc(SCc2cccc(C)c2)s1. The molecule has 1 N–H and O–H groups in total. The first-order valence-corrected chi connectivity index (χ1v) is 10.5. The van der Waals surface area contributed by atoms with E-state index in [4.69, 9.17) is 4.74 Å². The van der Waals surface area contributed by atoms with Gasteiger partial charge in [-0.05, 0) is 31.0 Å². The molecule has 0 atom stereocenters. The molecule has 5 nitrogen and oxygen atoms in total. The van der Waals surface area contributed by atoms with Crippen LogP contribution in [0.15, 0.2) is 52.9 Å². The average Bonchev–Trinajstić information content (AvgIpc) is 3.12. The molecule has 0 aliphatic carbocycles. The van der Waals surface area contributed by atoms with Gasteiger partial charge >= 0.3 is 0 Å². The highest BCUT2D eigenvalue weighted by atomic mass is 32.2. The third-order valence-electron chi connectivity index (χ3n) is 3.67. The van der Waals surface area contributed by atoms with Crippen LogP contribution in [-0.2, 0) is 5.75 Å². The van der Waals surface area contributed by atoms with E-state index in [1.807, 2.05) is 19.1 Å². The van der Waals surface area contributed by atoms with Crippen LogP contribution in [0.3, 0.4) is 0 Å². The van der Waals surface area contributed by atoms with E-state index in [0.717, 1.165) is 16.5 Å². The van der Waals surface area contributed by atoms with Gasteiger partial charge in [0, 0.05) is 5.75 Å². The number of nitrogens with one attached hydrogen (secondary N) is 1. The zero-order valence-corrected chi connectivity index (χ0v) is 16.9. The molecule has 0 saturated carbocycles. The number of hydrogen-bond donors (Lipinski definition) is 1. The first kappa shape index (κ1) is 19.4. The number of para-hydroxylation sites is 1. The lowest BCUT2D eigenvalue weighted by Crippen LogP contribution is -2.13.